The van der Waals surface area contributed by atoms with Gasteiger partial charge in [-0.1, -0.05) is 12.1 Å². The Morgan fingerprint density at radius 2 is 1.05 bits per heavy atom. The second-order valence-corrected chi connectivity index (χ2v) is 4.55. The third-order valence-corrected chi connectivity index (χ3v) is 3.13. The number of rotatable bonds is 3. The van der Waals surface area contributed by atoms with Crippen LogP contribution in [0.25, 0.3) is 34.3 Å². The van der Waals surface area contributed by atoms with E-state index in [-0.39, 0.29) is 0 Å². The van der Waals surface area contributed by atoms with Crippen LogP contribution in [0.2, 0.25) is 0 Å². The molecule has 4 heterocycles. The molecule has 22 heavy (non-hydrogen) atoms. The topological polar surface area (TPSA) is 77.8 Å². The summed E-state index contributed by atoms with van der Waals surface area (Å²) in [6.45, 7) is 0. The van der Waals surface area contributed by atoms with Gasteiger partial charge in [0.2, 0.25) is 0 Å². The number of pyridine rings is 2. The summed E-state index contributed by atoms with van der Waals surface area (Å²) in [5, 5.41) is 0. The van der Waals surface area contributed by atoms with Crippen LogP contribution in [0.4, 0.5) is 0 Å². The van der Waals surface area contributed by atoms with E-state index in [2.05, 4.69) is 19.9 Å². The fourth-order valence-corrected chi connectivity index (χ4v) is 2.11. The van der Waals surface area contributed by atoms with Crippen LogP contribution in [0, 0.1) is 0 Å². The molecule has 0 saturated carbocycles. The van der Waals surface area contributed by atoms with E-state index >= 15 is 0 Å². The standard InChI is InChI=1S/C16H10N4O2/c1-3-11(19-13(5-1)15-7-17-9-21-15)12-4-2-6-14(20-12)16-8-18-10-22-16/h1-10H. The molecular formula is C16H10N4O2. The zero-order valence-corrected chi connectivity index (χ0v) is 11.4. The molecule has 0 spiro atoms. The molecule has 0 fully saturated rings. The summed E-state index contributed by atoms with van der Waals surface area (Å²) in [6.07, 6.45) is 6.02. The molecule has 4 aromatic heterocycles. The molecule has 6 nitrogen and oxygen atoms in total. The number of nitrogens with zero attached hydrogens (tertiary/aromatic N) is 4. The van der Waals surface area contributed by atoms with Gasteiger partial charge < -0.3 is 8.83 Å². The first kappa shape index (κ1) is 12.5. The quantitative estimate of drug-likeness (QED) is 0.575. The summed E-state index contributed by atoms with van der Waals surface area (Å²) in [5.74, 6) is 1.24. The number of hydrogen-bond acceptors (Lipinski definition) is 6. The predicted octanol–water partition coefficient (Wildman–Crippen LogP) is 3.45. The van der Waals surface area contributed by atoms with Crippen molar-refractivity contribution in [3.8, 4) is 34.3 Å². The summed E-state index contributed by atoms with van der Waals surface area (Å²) in [5.41, 5.74) is 2.91. The van der Waals surface area contributed by atoms with Crippen molar-refractivity contribution in [2.24, 2.45) is 0 Å². The highest BCUT2D eigenvalue weighted by atomic mass is 16.3. The van der Waals surface area contributed by atoms with E-state index in [1.165, 1.54) is 12.8 Å². The molecule has 4 rings (SSSR count). The van der Waals surface area contributed by atoms with Gasteiger partial charge in [0.1, 0.15) is 11.4 Å². The highest BCUT2D eigenvalue weighted by molar-refractivity contribution is 5.63. The van der Waals surface area contributed by atoms with Gasteiger partial charge in [-0.2, -0.15) is 0 Å². The van der Waals surface area contributed by atoms with Crippen molar-refractivity contribution in [3.05, 3.63) is 61.6 Å². The summed E-state index contributed by atoms with van der Waals surface area (Å²) in [7, 11) is 0. The average Bonchev–Trinajstić information content (AvgIpc) is 3.29. The largest absolute Gasteiger partial charge is 0.442 e. The maximum atomic E-state index is 5.28. The molecule has 4 aromatic rings. The molecule has 0 atom stereocenters. The highest BCUT2D eigenvalue weighted by Gasteiger charge is 2.09. The van der Waals surface area contributed by atoms with Crippen molar-refractivity contribution >= 4 is 0 Å². The van der Waals surface area contributed by atoms with Crippen molar-refractivity contribution in [3.63, 3.8) is 0 Å². The van der Waals surface area contributed by atoms with Crippen molar-refractivity contribution in [1.82, 2.24) is 19.9 Å². The Kier molecular flexibility index (Phi) is 2.97. The Morgan fingerprint density at radius 1 is 0.591 bits per heavy atom. The third-order valence-electron chi connectivity index (χ3n) is 3.13. The SMILES string of the molecule is c1cc(-c2cccc(-c3cnco3)n2)nc(-c2cnco2)c1. The molecule has 0 bridgehead atoms. The molecule has 0 aromatic carbocycles. The maximum absolute atomic E-state index is 5.28. The summed E-state index contributed by atoms with van der Waals surface area (Å²) < 4.78 is 10.6. The van der Waals surface area contributed by atoms with Crippen LogP contribution in [-0.4, -0.2) is 19.9 Å². The van der Waals surface area contributed by atoms with Crippen LogP contribution in [0.3, 0.4) is 0 Å². The van der Waals surface area contributed by atoms with E-state index in [0.717, 1.165) is 11.4 Å². The van der Waals surface area contributed by atoms with Gasteiger partial charge in [-0.15, -0.1) is 0 Å². The van der Waals surface area contributed by atoms with Crippen LogP contribution in [0.15, 0.2) is 70.4 Å². The maximum Gasteiger partial charge on any atom is 0.181 e. The van der Waals surface area contributed by atoms with Crippen LogP contribution >= 0.6 is 0 Å². The van der Waals surface area contributed by atoms with Crippen LogP contribution < -0.4 is 0 Å². The highest BCUT2D eigenvalue weighted by Crippen LogP contribution is 2.23. The first-order valence-electron chi connectivity index (χ1n) is 6.62. The van der Waals surface area contributed by atoms with Gasteiger partial charge in [0, 0.05) is 0 Å². The molecule has 6 heteroatoms. The molecule has 0 unspecified atom stereocenters. The molecule has 0 amide bonds. The molecule has 0 aliphatic rings. The average molecular weight is 290 g/mol. The first-order valence-corrected chi connectivity index (χ1v) is 6.62. The second kappa shape index (κ2) is 5.25. The fourth-order valence-electron chi connectivity index (χ4n) is 2.11. The lowest BCUT2D eigenvalue weighted by atomic mass is 10.2. The number of oxazole rings is 2. The minimum absolute atomic E-state index is 0.619. The molecular weight excluding hydrogens is 280 g/mol. The molecule has 106 valence electrons. The minimum atomic E-state index is 0.619. The van der Waals surface area contributed by atoms with Gasteiger partial charge in [-0.3, -0.25) is 0 Å². The smallest absolute Gasteiger partial charge is 0.181 e. The molecule has 0 N–H and O–H groups in total. The van der Waals surface area contributed by atoms with Gasteiger partial charge >= 0.3 is 0 Å². The van der Waals surface area contributed by atoms with Crippen molar-refractivity contribution < 1.29 is 8.83 Å². The Bertz CT molecular complexity index is 810. The van der Waals surface area contributed by atoms with Crippen LogP contribution in [0.1, 0.15) is 0 Å². The van der Waals surface area contributed by atoms with Gasteiger partial charge in [0.05, 0.1) is 23.8 Å². The van der Waals surface area contributed by atoms with Crippen molar-refractivity contribution in [1.29, 1.82) is 0 Å². The van der Waals surface area contributed by atoms with Crippen LogP contribution in [0.5, 0.6) is 0 Å². The lowest BCUT2D eigenvalue weighted by molar-refractivity contribution is 0.569. The van der Waals surface area contributed by atoms with E-state index in [4.69, 9.17) is 8.83 Å². The van der Waals surface area contributed by atoms with Crippen molar-refractivity contribution in [2.45, 2.75) is 0 Å². The van der Waals surface area contributed by atoms with E-state index in [1.807, 2.05) is 36.4 Å². The van der Waals surface area contributed by atoms with Gasteiger partial charge in [0.25, 0.3) is 0 Å². The normalized spacial score (nSPS) is 10.7. The Balaban J connectivity index is 1.76. The first-order chi connectivity index (χ1) is 10.9. The number of aromatic nitrogens is 4. The van der Waals surface area contributed by atoms with Gasteiger partial charge in [-0.05, 0) is 24.3 Å². The molecule has 0 aliphatic carbocycles. The van der Waals surface area contributed by atoms with E-state index in [0.29, 0.717) is 22.9 Å². The van der Waals surface area contributed by atoms with Gasteiger partial charge in [0.15, 0.2) is 24.3 Å². The minimum Gasteiger partial charge on any atom is -0.442 e. The fraction of sp³-hybridized carbons (Fsp3) is 0. The van der Waals surface area contributed by atoms with E-state index < -0.39 is 0 Å². The van der Waals surface area contributed by atoms with Crippen molar-refractivity contribution in [2.75, 3.05) is 0 Å². The zero-order chi connectivity index (χ0) is 14.8. The Hall–Kier alpha value is -3.28. The molecule has 0 radical (unpaired) electrons. The lowest BCUT2D eigenvalue weighted by Gasteiger charge is -2.03. The second-order valence-electron chi connectivity index (χ2n) is 4.55. The summed E-state index contributed by atoms with van der Waals surface area (Å²) in [6, 6.07) is 11.3. The van der Waals surface area contributed by atoms with E-state index in [1.54, 1.807) is 12.4 Å². The third kappa shape index (κ3) is 2.26. The predicted molar refractivity (Wildman–Crippen MR) is 78.5 cm³/mol. The Morgan fingerprint density at radius 3 is 1.45 bits per heavy atom. The zero-order valence-electron chi connectivity index (χ0n) is 11.4. The summed E-state index contributed by atoms with van der Waals surface area (Å²) in [4.78, 5) is 16.9. The lowest BCUT2D eigenvalue weighted by Crippen LogP contribution is -1.91. The van der Waals surface area contributed by atoms with Gasteiger partial charge in [-0.25, -0.2) is 19.9 Å². The Labute approximate surface area is 125 Å². The number of hydrogen-bond donors (Lipinski definition) is 0. The molecule has 0 aliphatic heterocycles. The molecule has 0 saturated heterocycles. The summed E-state index contributed by atoms with van der Waals surface area (Å²) >= 11 is 0. The van der Waals surface area contributed by atoms with Crippen LogP contribution in [-0.2, 0) is 0 Å². The monoisotopic (exact) mass is 290 g/mol. The van der Waals surface area contributed by atoms with E-state index in [9.17, 15) is 0 Å².